The van der Waals surface area contributed by atoms with Crippen molar-refractivity contribution < 1.29 is 4.79 Å². The Morgan fingerprint density at radius 1 is 0.933 bits per heavy atom. The second-order valence-corrected chi connectivity index (χ2v) is 7.31. The standard InChI is InChI=1S/C26H25N3O/c1-3-19-11-7-9-15-23(19)28-25-17-22(21-14-8-10-16-24(21)29-25)26(30)27-18(2)20-12-5-4-6-13-20/h4-18H,3H2,1-2H3,(H,27,30)(H,28,29)/t18-/m0/s1. The molecule has 4 aromatic rings. The maximum Gasteiger partial charge on any atom is 0.252 e. The Morgan fingerprint density at radius 2 is 1.63 bits per heavy atom. The number of carbonyl (C=O) groups excluding carboxylic acids is 1. The molecule has 1 aromatic heterocycles. The van der Waals surface area contributed by atoms with Crippen LogP contribution in [0.4, 0.5) is 11.5 Å². The molecule has 0 bridgehead atoms. The fourth-order valence-electron chi connectivity index (χ4n) is 3.62. The van der Waals surface area contributed by atoms with Crippen molar-refractivity contribution in [2.45, 2.75) is 26.3 Å². The first kappa shape index (κ1) is 19.6. The Kier molecular flexibility index (Phi) is 5.75. The minimum absolute atomic E-state index is 0.0946. The summed E-state index contributed by atoms with van der Waals surface area (Å²) in [6.07, 6.45) is 0.915. The highest BCUT2D eigenvalue weighted by atomic mass is 16.1. The molecule has 30 heavy (non-hydrogen) atoms. The van der Waals surface area contributed by atoms with E-state index < -0.39 is 0 Å². The number of aromatic nitrogens is 1. The van der Waals surface area contributed by atoms with E-state index in [0.717, 1.165) is 28.6 Å². The van der Waals surface area contributed by atoms with E-state index in [4.69, 9.17) is 4.98 Å². The molecule has 4 rings (SSSR count). The molecule has 4 heteroatoms. The third-order valence-electron chi connectivity index (χ3n) is 5.27. The average Bonchev–Trinajstić information content (AvgIpc) is 2.79. The van der Waals surface area contributed by atoms with Crippen molar-refractivity contribution in [3.8, 4) is 0 Å². The second kappa shape index (κ2) is 8.78. The molecule has 0 radical (unpaired) electrons. The van der Waals surface area contributed by atoms with Gasteiger partial charge in [0.15, 0.2) is 0 Å². The number of rotatable bonds is 6. The predicted molar refractivity (Wildman–Crippen MR) is 123 cm³/mol. The van der Waals surface area contributed by atoms with Crippen molar-refractivity contribution >= 4 is 28.3 Å². The highest BCUT2D eigenvalue weighted by Gasteiger charge is 2.16. The van der Waals surface area contributed by atoms with Gasteiger partial charge in [0.1, 0.15) is 5.82 Å². The van der Waals surface area contributed by atoms with E-state index in [-0.39, 0.29) is 11.9 Å². The first-order valence-corrected chi connectivity index (χ1v) is 10.3. The third kappa shape index (κ3) is 4.18. The predicted octanol–water partition coefficient (Wildman–Crippen LogP) is 6.03. The zero-order valence-electron chi connectivity index (χ0n) is 17.2. The van der Waals surface area contributed by atoms with Gasteiger partial charge in [-0.2, -0.15) is 0 Å². The van der Waals surface area contributed by atoms with Crippen LogP contribution < -0.4 is 10.6 Å². The van der Waals surface area contributed by atoms with Gasteiger partial charge in [-0.05, 0) is 42.7 Å². The molecule has 0 saturated heterocycles. The Bertz CT molecular complexity index is 1170. The SMILES string of the molecule is CCc1ccccc1Nc1cc(C(=O)N[C@@H](C)c2ccccc2)c2ccccc2n1. The minimum Gasteiger partial charge on any atom is -0.345 e. The lowest BCUT2D eigenvalue weighted by molar-refractivity contribution is 0.0941. The van der Waals surface area contributed by atoms with Crippen LogP contribution in [0.1, 0.15) is 41.4 Å². The number of amides is 1. The highest BCUT2D eigenvalue weighted by molar-refractivity contribution is 6.07. The Hall–Kier alpha value is -3.66. The van der Waals surface area contributed by atoms with Crippen molar-refractivity contribution in [3.63, 3.8) is 0 Å². The number of carbonyl (C=O) groups is 1. The quantitative estimate of drug-likeness (QED) is 0.419. The van der Waals surface area contributed by atoms with Crippen LogP contribution in [0.25, 0.3) is 10.9 Å². The normalized spacial score (nSPS) is 11.8. The molecule has 0 fully saturated rings. The molecular weight excluding hydrogens is 370 g/mol. The number of benzene rings is 3. The summed E-state index contributed by atoms with van der Waals surface area (Å²) in [5.41, 5.74) is 4.68. The van der Waals surface area contributed by atoms with Gasteiger partial charge in [0.2, 0.25) is 0 Å². The van der Waals surface area contributed by atoms with Crippen molar-refractivity contribution in [2.24, 2.45) is 0 Å². The van der Waals surface area contributed by atoms with Crippen LogP contribution in [0.2, 0.25) is 0 Å². The summed E-state index contributed by atoms with van der Waals surface area (Å²) < 4.78 is 0. The molecule has 1 amide bonds. The van der Waals surface area contributed by atoms with Gasteiger partial charge in [-0.3, -0.25) is 4.79 Å². The van der Waals surface area contributed by atoms with Crippen LogP contribution >= 0.6 is 0 Å². The van der Waals surface area contributed by atoms with Gasteiger partial charge in [0, 0.05) is 11.1 Å². The first-order chi connectivity index (χ1) is 14.7. The summed E-state index contributed by atoms with van der Waals surface area (Å²) >= 11 is 0. The lowest BCUT2D eigenvalue weighted by Gasteiger charge is -2.17. The van der Waals surface area contributed by atoms with Gasteiger partial charge in [0.05, 0.1) is 17.1 Å². The Morgan fingerprint density at radius 3 is 2.43 bits per heavy atom. The molecule has 1 heterocycles. The van der Waals surface area contributed by atoms with Crippen LogP contribution in [-0.2, 0) is 6.42 Å². The van der Waals surface area contributed by atoms with Crippen LogP contribution in [0.3, 0.4) is 0 Å². The number of para-hydroxylation sites is 2. The molecule has 0 aliphatic heterocycles. The van der Waals surface area contributed by atoms with E-state index in [1.807, 2.05) is 85.8 Å². The molecule has 0 unspecified atom stereocenters. The number of anilines is 2. The number of hydrogen-bond acceptors (Lipinski definition) is 3. The fourth-order valence-corrected chi connectivity index (χ4v) is 3.62. The monoisotopic (exact) mass is 395 g/mol. The Labute approximate surface area is 177 Å². The van der Waals surface area contributed by atoms with E-state index in [1.54, 1.807) is 0 Å². The van der Waals surface area contributed by atoms with Gasteiger partial charge >= 0.3 is 0 Å². The average molecular weight is 396 g/mol. The van der Waals surface area contributed by atoms with Gasteiger partial charge in [-0.15, -0.1) is 0 Å². The maximum atomic E-state index is 13.2. The molecule has 150 valence electrons. The third-order valence-corrected chi connectivity index (χ3v) is 5.27. The van der Waals surface area contributed by atoms with E-state index in [9.17, 15) is 4.79 Å². The first-order valence-electron chi connectivity index (χ1n) is 10.3. The molecule has 1 atom stereocenters. The zero-order valence-corrected chi connectivity index (χ0v) is 17.2. The molecule has 4 nitrogen and oxygen atoms in total. The minimum atomic E-state index is -0.114. The highest BCUT2D eigenvalue weighted by Crippen LogP contribution is 2.26. The zero-order chi connectivity index (χ0) is 20.9. The van der Waals surface area contributed by atoms with Crippen LogP contribution in [-0.4, -0.2) is 10.9 Å². The summed E-state index contributed by atoms with van der Waals surface area (Å²) in [6.45, 7) is 4.12. The number of nitrogens with zero attached hydrogens (tertiary/aromatic N) is 1. The van der Waals surface area contributed by atoms with Gasteiger partial charge in [0.25, 0.3) is 5.91 Å². The summed E-state index contributed by atoms with van der Waals surface area (Å²) in [5, 5.41) is 7.37. The molecule has 2 N–H and O–H groups in total. The number of nitrogens with one attached hydrogen (secondary N) is 2. The van der Waals surface area contributed by atoms with Crippen LogP contribution in [0.5, 0.6) is 0 Å². The summed E-state index contributed by atoms with van der Waals surface area (Å²) in [7, 11) is 0. The van der Waals surface area contributed by atoms with E-state index >= 15 is 0 Å². The molecular formula is C26H25N3O. The van der Waals surface area contributed by atoms with Crippen LogP contribution in [0, 0.1) is 0 Å². The van der Waals surface area contributed by atoms with Gasteiger partial charge < -0.3 is 10.6 Å². The summed E-state index contributed by atoms with van der Waals surface area (Å²) in [4.78, 5) is 17.9. The van der Waals surface area contributed by atoms with E-state index in [2.05, 4.69) is 23.6 Å². The molecule has 0 aliphatic carbocycles. The number of fused-ring (bicyclic) bond motifs is 1. The number of pyridine rings is 1. The molecule has 3 aromatic carbocycles. The molecule has 0 spiro atoms. The summed E-state index contributed by atoms with van der Waals surface area (Å²) in [6, 6.07) is 27.6. The van der Waals surface area contributed by atoms with Crippen LogP contribution in [0.15, 0.2) is 84.9 Å². The molecule has 0 saturated carbocycles. The lowest BCUT2D eigenvalue weighted by atomic mass is 10.1. The van der Waals surface area contributed by atoms with E-state index in [0.29, 0.717) is 11.4 Å². The van der Waals surface area contributed by atoms with Crippen molar-refractivity contribution in [1.29, 1.82) is 0 Å². The maximum absolute atomic E-state index is 13.2. The number of aryl methyl sites for hydroxylation is 1. The number of hydrogen-bond donors (Lipinski definition) is 2. The van der Waals surface area contributed by atoms with Crippen molar-refractivity contribution in [1.82, 2.24) is 10.3 Å². The second-order valence-electron chi connectivity index (χ2n) is 7.31. The van der Waals surface area contributed by atoms with E-state index in [1.165, 1.54) is 5.56 Å². The largest absolute Gasteiger partial charge is 0.345 e. The Balaban J connectivity index is 1.69. The smallest absolute Gasteiger partial charge is 0.252 e. The molecule has 0 aliphatic rings. The van der Waals surface area contributed by atoms with Gasteiger partial charge in [-0.1, -0.05) is 73.7 Å². The fraction of sp³-hybridized carbons (Fsp3) is 0.154. The van der Waals surface area contributed by atoms with Crippen molar-refractivity contribution in [3.05, 3.63) is 102 Å². The van der Waals surface area contributed by atoms with Crippen molar-refractivity contribution in [2.75, 3.05) is 5.32 Å². The van der Waals surface area contributed by atoms with Gasteiger partial charge in [-0.25, -0.2) is 4.98 Å². The summed E-state index contributed by atoms with van der Waals surface area (Å²) in [5.74, 6) is 0.545. The lowest BCUT2D eigenvalue weighted by Crippen LogP contribution is -2.27. The topological polar surface area (TPSA) is 54.0 Å².